The number of aromatic amines is 1. The molecule has 0 bridgehead atoms. The first-order valence-electron chi connectivity index (χ1n) is 9.35. The van der Waals surface area contributed by atoms with Crippen LogP contribution in [0, 0.1) is 6.92 Å². The van der Waals surface area contributed by atoms with E-state index in [1.807, 2.05) is 19.1 Å². The zero-order chi connectivity index (χ0) is 19.5. The Morgan fingerprint density at radius 1 is 1.32 bits per heavy atom. The minimum atomic E-state index is -0.225. The van der Waals surface area contributed by atoms with Crippen LogP contribution < -0.4 is 10.1 Å². The molecule has 1 saturated heterocycles. The molecule has 1 aliphatic heterocycles. The average Bonchev–Trinajstić information content (AvgIpc) is 3.07. The van der Waals surface area contributed by atoms with Gasteiger partial charge in [-0.05, 0) is 42.1 Å². The van der Waals surface area contributed by atoms with Crippen LogP contribution in [0.3, 0.4) is 0 Å². The summed E-state index contributed by atoms with van der Waals surface area (Å²) in [6.07, 6.45) is 3.16. The molecule has 2 N–H and O–H groups in total. The monoisotopic (exact) mass is 399 g/mol. The average molecular weight is 400 g/mol. The van der Waals surface area contributed by atoms with Gasteiger partial charge in [0, 0.05) is 36.8 Å². The molecule has 6 nitrogen and oxygen atoms in total. The maximum Gasteiger partial charge on any atom is 0.253 e. The number of rotatable bonds is 5. The zero-order valence-corrected chi connectivity index (χ0v) is 16.4. The predicted molar refractivity (Wildman–Crippen MR) is 108 cm³/mol. The van der Waals surface area contributed by atoms with E-state index in [2.05, 4.69) is 27.4 Å². The maximum absolute atomic E-state index is 12.5. The van der Waals surface area contributed by atoms with Gasteiger partial charge >= 0.3 is 0 Å². The molecule has 0 spiro atoms. The summed E-state index contributed by atoms with van der Waals surface area (Å²) < 4.78 is 11.2. The fourth-order valence-corrected chi connectivity index (χ4v) is 3.52. The Kier molecular flexibility index (Phi) is 5.50. The molecule has 1 amide bonds. The van der Waals surface area contributed by atoms with E-state index < -0.39 is 0 Å². The van der Waals surface area contributed by atoms with Crippen LogP contribution in [0.15, 0.2) is 36.5 Å². The van der Waals surface area contributed by atoms with E-state index in [9.17, 15) is 4.79 Å². The van der Waals surface area contributed by atoms with E-state index in [-0.39, 0.29) is 12.0 Å². The van der Waals surface area contributed by atoms with Crippen molar-refractivity contribution >= 4 is 28.4 Å². The SMILES string of the molecule is Cc1cc2cc(CNC(=O)c3cnc(OC4CCOCC4)c(Cl)c3)ccc2[nH]1. The second kappa shape index (κ2) is 8.20. The van der Waals surface area contributed by atoms with Gasteiger partial charge in [0.15, 0.2) is 0 Å². The molecule has 3 heterocycles. The number of nitrogens with one attached hydrogen (secondary N) is 2. The number of nitrogens with zero attached hydrogens (tertiary/aromatic N) is 1. The summed E-state index contributed by atoms with van der Waals surface area (Å²) >= 11 is 6.28. The molecule has 0 radical (unpaired) electrons. The van der Waals surface area contributed by atoms with Crippen molar-refractivity contribution in [3.8, 4) is 5.88 Å². The fraction of sp³-hybridized carbons (Fsp3) is 0.333. The molecule has 1 aromatic carbocycles. The summed E-state index contributed by atoms with van der Waals surface area (Å²) in [5.74, 6) is 0.135. The lowest BCUT2D eigenvalue weighted by Gasteiger charge is -2.23. The van der Waals surface area contributed by atoms with E-state index in [0.717, 1.165) is 35.0 Å². The number of hydrogen-bond acceptors (Lipinski definition) is 4. The van der Waals surface area contributed by atoms with E-state index in [0.29, 0.717) is 36.2 Å². The normalized spacial score (nSPS) is 14.9. The Bertz CT molecular complexity index is 996. The number of carbonyl (C=O) groups is 1. The van der Waals surface area contributed by atoms with Gasteiger partial charge in [-0.3, -0.25) is 4.79 Å². The smallest absolute Gasteiger partial charge is 0.253 e. The third-order valence-electron chi connectivity index (χ3n) is 4.79. The molecular formula is C21H22ClN3O3. The lowest BCUT2D eigenvalue weighted by atomic mass is 10.1. The standard InChI is InChI=1S/C21H22ClN3O3/c1-13-8-15-9-14(2-3-19(15)25-13)11-23-20(26)16-10-18(22)21(24-12-16)28-17-4-6-27-7-5-17/h2-3,8-10,12,17,25H,4-7,11H2,1H3,(H,23,26). The molecule has 7 heteroatoms. The van der Waals surface area contributed by atoms with Crippen LogP contribution in [0.25, 0.3) is 10.9 Å². The lowest BCUT2D eigenvalue weighted by Crippen LogP contribution is -2.26. The highest BCUT2D eigenvalue weighted by molar-refractivity contribution is 6.32. The summed E-state index contributed by atoms with van der Waals surface area (Å²) in [4.78, 5) is 20.0. The molecule has 0 atom stereocenters. The molecule has 1 fully saturated rings. The molecule has 1 aliphatic rings. The summed E-state index contributed by atoms with van der Waals surface area (Å²) in [5, 5.41) is 4.37. The summed E-state index contributed by atoms with van der Waals surface area (Å²) in [6, 6.07) is 9.76. The highest BCUT2D eigenvalue weighted by atomic mass is 35.5. The summed E-state index contributed by atoms with van der Waals surface area (Å²) in [6.45, 7) is 3.80. The van der Waals surface area contributed by atoms with Gasteiger partial charge in [-0.2, -0.15) is 0 Å². The maximum atomic E-state index is 12.5. The van der Waals surface area contributed by atoms with Gasteiger partial charge in [-0.25, -0.2) is 4.98 Å². The number of carbonyl (C=O) groups excluding carboxylic acids is 1. The molecule has 4 rings (SSSR count). The first kappa shape index (κ1) is 18.8. The van der Waals surface area contributed by atoms with Crippen LogP contribution in [-0.2, 0) is 11.3 Å². The van der Waals surface area contributed by atoms with Crippen molar-refractivity contribution in [2.24, 2.45) is 0 Å². The van der Waals surface area contributed by atoms with Gasteiger partial charge in [-0.15, -0.1) is 0 Å². The van der Waals surface area contributed by atoms with Crippen LogP contribution in [0.4, 0.5) is 0 Å². The van der Waals surface area contributed by atoms with Gasteiger partial charge in [0.25, 0.3) is 5.91 Å². The lowest BCUT2D eigenvalue weighted by molar-refractivity contribution is 0.0238. The number of ether oxygens (including phenoxy) is 2. The van der Waals surface area contributed by atoms with Crippen molar-refractivity contribution < 1.29 is 14.3 Å². The van der Waals surface area contributed by atoms with Crippen molar-refractivity contribution in [2.45, 2.75) is 32.4 Å². The minimum absolute atomic E-state index is 0.0467. The first-order chi connectivity index (χ1) is 13.6. The van der Waals surface area contributed by atoms with E-state index in [1.165, 1.54) is 6.20 Å². The molecule has 3 aromatic rings. The Labute approximate surface area is 168 Å². The highest BCUT2D eigenvalue weighted by Gasteiger charge is 2.18. The predicted octanol–water partition coefficient (Wildman–Crippen LogP) is 4.01. The van der Waals surface area contributed by atoms with Crippen molar-refractivity contribution in [1.82, 2.24) is 15.3 Å². The van der Waals surface area contributed by atoms with Crippen LogP contribution in [0.1, 0.15) is 34.5 Å². The van der Waals surface area contributed by atoms with Crippen LogP contribution >= 0.6 is 11.6 Å². The fourth-order valence-electron chi connectivity index (χ4n) is 3.31. The highest BCUT2D eigenvalue weighted by Crippen LogP contribution is 2.25. The molecule has 0 saturated carbocycles. The van der Waals surface area contributed by atoms with Crippen molar-refractivity contribution in [2.75, 3.05) is 13.2 Å². The number of benzene rings is 1. The van der Waals surface area contributed by atoms with Gasteiger partial charge < -0.3 is 19.8 Å². The number of amides is 1. The largest absolute Gasteiger partial charge is 0.473 e. The number of H-pyrrole nitrogens is 1. The van der Waals surface area contributed by atoms with Gasteiger partial charge in [-0.1, -0.05) is 17.7 Å². The Balaban J connectivity index is 1.38. The third-order valence-corrected chi connectivity index (χ3v) is 5.06. The number of pyridine rings is 1. The van der Waals surface area contributed by atoms with E-state index >= 15 is 0 Å². The number of halogens is 1. The van der Waals surface area contributed by atoms with E-state index in [1.54, 1.807) is 6.07 Å². The Morgan fingerprint density at radius 2 is 2.14 bits per heavy atom. The second-order valence-corrected chi connectivity index (χ2v) is 7.40. The molecule has 0 aliphatic carbocycles. The van der Waals surface area contributed by atoms with Crippen LogP contribution in [0.5, 0.6) is 5.88 Å². The number of hydrogen-bond donors (Lipinski definition) is 2. The topological polar surface area (TPSA) is 76.2 Å². The van der Waals surface area contributed by atoms with Gasteiger partial charge in [0.1, 0.15) is 11.1 Å². The molecule has 0 unspecified atom stereocenters. The van der Waals surface area contributed by atoms with Crippen LogP contribution in [-0.4, -0.2) is 35.2 Å². The molecule has 28 heavy (non-hydrogen) atoms. The van der Waals surface area contributed by atoms with Gasteiger partial charge in [0.05, 0.1) is 18.8 Å². The first-order valence-corrected chi connectivity index (χ1v) is 9.73. The Hall–Kier alpha value is -2.57. The van der Waals surface area contributed by atoms with E-state index in [4.69, 9.17) is 21.1 Å². The molecular weight excluding hydrogens is 378 g/mol. The Morgan fingerprint density at radius 3 is 2.93 bits per heavy atom. The zero-order valence-electron chi connectivity index (χ0n) is 15.6. The van der Waals surface area contributed by atoms with Gasteiger partial charge in [0.2, 0.25) is 5.88 Å². The minimum Gasteiger partial charge on any atom is -0.473 e. The van der Waals surface area contributed by atoms with Crippen molar-refractivity contribution in [3.63, 3.8) is 0 Å². The van der Waals surface area contributed by atoms with Crippen molar-refractivity contribution in [3.05, 3.63) is 58.4 Å². The number of aromatic nitrogens is 2. The number of fused-ring (bicyclic) bond motifs is 1. The summed E-state index contributed by atoms with van der Waals surface area (Å²) in [7, 11) is 0. The number of aryl methyl sites for hydroxylation is 1. The van der Waals surface area contributed by atoms with Crippen molar-refractivity contribution in [1.29, 1.82) is 0 Å². The third kappa shape index (κ3) is 4.29. The van der Waals surface area contributed by atoms with Crippen LogP contribution in [0.2, 0.25) is 5.02 Å². The second-order valence-electron chi connectivity index (χ2n) is 7.00. The molecule has 146 valence electrons. The molecule has 2 aromatic heterocycles. The quantitative estimate of drug-likeness (QED) is 0.679. The summed E-state index contributed by atoms with van der Waals surface area (Å²) in [5.41, 5.74) is 3.63.